The summed E-state index contributed by atoms with van der Waals surface area (Å²) in [6.45, 7) is 0.319. The van der Waals surface area contributed by atoms with Crippen LogP contribution < -0.4 is 14.5 Å². The van der Waals surface area contributed by atoms with Gasteiger partial charge in [-0.1, -0.05) is 42.5 Å². The molecule has 0 spiro atoms. The molecule has 3 aromatic carbocycles. The highest BCUT2D eigenvalue weighted by Gasteiger charge is 2.46. The first kappa shape index (κ1) is 22.1. The third kappa shape index (κ3) is 5.06. The molecule has 1 heterocycles. The van der Waals surface area contributed by atoms with E-state index < -0.39 is 23.4 Å². The van der Waals surface area contributed by atoms with Crippen molar-refractivity contribution >= 4 is 23.4 Å². The summed E-state index contributed by atoms with van der Waals surface area (Å²) in [7, 11) is 1.59. The molecular weight excluding hydrogens is 433 g/mol. The van der Waals surface area contributed by atoms with Crippen molar-refractivity contribution in [1.82, 2.24) is 0 Å². The molecule has 0 aliphatic carbocycles. The minimum Gasteiger partial charge on any atom is -0.497 e. The maximum absolute atomic E-state index is 13.6. The first-order valence-electron chi connectivity index (χ1n) is 9.98. The minimum atomic E-state index is -4.77. The standard InChI is InChI=1S/C25H19F3N2O3/c1-32-20-11-9-18(10-12-20)16-33-21-13-7-17(8-14-21)15-22-23(25(26,27)28)29-30(24(22)31)19-5-3-2-4-6-19/h2-15H,16H2,1H3/b22-15-. The van der Waals surface area contributed by atoms with Crippen LogP contribution in [0.3, 0.4) is 0 Å². The zero-order valence-corrected chi connectivity index (χ0v) is 17.5. The number of carbonyl (C=O) groups is 1. The van der Waals surface area contributed by atoms with E-state index in [9.17, 15) is 18.0 Å². The zero-order chi connectivity index (χ0) is 23.4. The van der Waals surface area contributed by atoms with Crippen molar-refractivity contribution in [1.29, 1.82) is 0 Å². The Morgan fingerprint density at radius 1 is 0.909 bits per heavy atom. The van der Waals surface area contributed by atoms with E-state index in [1.54, 1.807) is 49.6 Å². The van der Waals surface area contributed by atoms with Crippen LogP contribution in [0.4, 0.5) is 18.9 Å². The van der Waals surface area contributed by atoms with Gasteiger partial charge in [-0.3, -0.25) is 4.79 Å². The Bertz CT molecular complexity index is 1190. The van der Waals surface area contributed by atoms with Crippen LogP contribution in [-0.4, -0.2) is 24.9 Å². The number of halogens is 3. The van der Waals surface area contributed by atoms with Gasteiger partial charge in [-0.25, -0.2) is 0 Å². The van der Waals surface area contributed by atoms with Crippen LogP contribution in [0, 0.1) is 0 Å². The van der Waals surface area contributed by atoms with Crippen LogP contribution in [0.1, 0.15) is 11.1 Å². The summed E-state index contributed by atoms with van der Waals surface area (Å²) in [6.07, 6.45) is -3.59. The number of hydrazone groups is 1. The fourth-order valence-electron chi connectivity index (χ4n) is 3.21. The average Bonchev–Trinajstić information content (AvgIpc) is 3.16. The van der Waals surface area contributed by atoms with Crippen LogP contribution in [0.15, 0.2) is 89.5 Å². The van der Waals surface area contributed by atoms with Gasteiger partial charge in [-0.15, -0.1) is 0 Å². The van der Waals surface area contributed by atoms with E-state index in [1.165, 1.54) is 18.2 Å². The van der Waals surface area contributed by atoms with Crippen molar-refractivity contribution in [2.75, 3.05) is 12.1 Å². The summed E-state index contributed by atoms with van der Waals surface area (Å²) < 4.78 is 51.5. The SMILES string of the molecule is COc1ccc(COc2ccc(/C=C3\C(=O)N(c4ccccc4)N=C3C(F)(F)F)cc2)cc1. The molecule has 0 bridgehead atoms. The second kappa shape index (κ2) is 9.20. The molecule has 0 saturated heterocycles. The van der Waals surface area contributed by atoms with Gasteiger partial charge in [0.1, 0.15) is 18.1 Å². The van der Waals surface area contributed by atoms with Crippen LogP contribution in [0.5, 0.6) is 11.5 Å². The molecule has 1 amide bonds. The van der Waals surface area contributed by atoms with Gasteiger partial charge in [0.2, 0.25) is 0 Å². The minimum absolute atomic E-state index is 0.259. The zero-order valence-electron chi connectivity index (χ0n) is 17.5. The number of anilines is 1. The third-order valence-electron chi connectivity index (χ3n) is 4.90. The Morgan fingerprint density at radius 3 is 2.15 bits per heavy atom. The third-order valence-corrected chi connectivity index (χ3v) is 4.90. The number of rotatable bonds is 6. The predicted molar refractivity (Wildman–Crippen MR) is 119 cm³/mol. The molecule has 4 rings (SSSR count). The van der Waals surface area contributed by atoms with Crippen molar-refractivity contribution in [2.45, 2.75) is 12.8 Å². The van der Waals surface area contributed by atoms with E-state index in [2.05, 4.69) is 5.10 Å². The molecule has 1 aliphatic rings. The number of alkyl halides is 3. The summed E-state index contributed by atoms with van der Waals surface area (Å²) in [5, 5.41) is 4.32. The lowest BCUT2D eigenvalue weighted by Crippen LogP contribution is -2.25. The molecule has 168 valence electrons. The van der Waals surface area contributed by atoms with Gasteiger partial charge in [0.05, 0.1) is 18.4 Å². The fourth-order valence-corrected chi connectivity index (χ4v) is 3.21. The highest BCUT2D eigenvalue weighted by molar-refractivity contribution is 6.34. The van der Waals surface area contributed by atoms with Gasteiger partial charge in [-0.2, -0.15) is 23.3 Å². The lowest BCUT2D eigenvalue weighted by molar-refractivity contribution is -0.114. The number of nitrogens with zero attached hydrogens (tertiary/aromatic N) is 2. The molecule has 0 saturated carbocycles. The van der Waals surface area contributed by atoms with Crippen molar-refractivity contribution in [2.24, 2.45) is 5.10 Å². The summed E-state index contributed by atoms with van der Waals surface area (Å²) in [5.74, 6) is 0.444. The van der Waals surface area contributed by atoms with Gasteiger partial charge < -0.3 is 9.47 Å². The molecule has 0 radical (unpaired) electrons. The summed E-state index contributed by atoms with van der Waals surface area (Å²) >= 11 is 0. The molecule has 33 heavy (non-hydrogen) atoms. The number of methoxy groups -OCH3 is 1. The van der Waals surface area contributed by atoms with Gasteiger partial charge in [0.15, 0.2) is 5.71 Å². The molecular formula is C25H19F3N2O3. The Balaban J connectivity index is 1.52. The second-order valence-electron chi connectivity index (χ2n) is 7.16. The number of hydrogen-bond donors (Lipinski definition) is 0. The van der Waals surface area contributed by atoms with E-state index >= 15 is 0 Å². The van der Waals surface area contributed by atoms with Crippen LogP contribution in [0.25, 0.3) is 6.08 Å². The Labute approximate surface area is 188 Å². The lowest BCUT2D eigenvalue weighted by atomic mass is 10.1. The summed E-state index contributed by atoms with van der Waals surface area (Å²) in [4.78, 5) is 12.7. The summed E-state index contributed by atoms with van der Waals surface area (Å²) in [6, 6.07) is 21.8. The van der Waals surface area contributed by atoms with Gasteiger partial charge in [-0.05, 0) is 53.6 Å². The maximum atomic E-state index is 13.6. The van der Waals surface area contributed by atoms with Crippen molar-refractivity contribution in [3.63, 3.8) is 0 Å². The Morgan fingerprint density at radius 2 is 1.55 bits per heavy atom. The largest absolute Gasteiger partial charge is 0.497 e. The number of carbonyl (C=O) groups excluding carboxylic acids is 1. The first-order valence-corrected chi connectivity index (χ1v) is 9.98. The number of para-hydroxylation sites is 1. The molecule has 0 aromatic heterocycles. The van der Waals surface area contributed by atoms with Gasteiger partial charge in [0.25, 0.3) is 5.91 Å². The van der Waals surface area contributed by atoms with Crippen molar-refractivity contribution in [3.05, 3.63) is 95.6 Å². The van der Waals surface area contributed by atoms with E-state index in [0.29, 0.717) is 17.9 Å². The van der Waals surface area contributed by atoms with E-state index in [1.807, 2.05) is 24.3 Å². The number of amides is 1. The van der Waals surface area contributed by atoms with Crippen LogP contribution in [-0.2, 0) is 11.4 Å². The number of ether oxygens (including phenoxy) is 2. The quantitative estimate of drug-likeness (QED) is 0.456. The van der Waals surface area contributed by atoms with E-state index in [-0.39, 0.29) is 5.69 Å². The second-order valence-corrected chi connectivity index (χ2v) is 7.16. The Kier molecular flexibility index (Phi) is 6.17. The van der Waals surface area contributed by atoms with Crippen LogP contribution >= 0.6 is 0 Å². The van der Waals surface area contributed by atoms with Crippen molar-refractivity contribution in [3.8, 4) is 11.5 Å². The monoisotopic (exact) mass is 452 g/mol. The molecule has 8 heteroatoms. The molecule has 0 fully saturated rings. The molecule has 3 aromatic rings. The topological polar surface area (TPSA) is 51.1 Å². The molecule has 0 N–H and O–H groups in total. The van der Waals surface area contributed by atoms with Crippen molar-refractivity contribution < 1.29 is 27.4 Å². The predicted octanol–water partition coefficient (Wildman–Crippen LogP) is 5.62. The smallest absolute Gasteiger partial charge is 0.435 e. The fraction of sp³-hybridized carbons (Fsp3) is 0.120. The average molecular weight is 452 g/mol. The lowest BCUT2D eigenvalue weighted by Gasteiger charge is -2.11. The van der Waals surface area contributed by atoms with E-state index in [0.717, 1.165) is 16.3 Å². The molecule has 0 atom stereocenters. The number of hydrogen-bond acceptors (Lipinski definition) is 4. The van der Waals surface area contributed by atoms with Crippen LogP contribution in [0.2, 0.25) is 0 Å². The maximum Gasteiger partial charge on any atom is 0.435 e. The van der Waals surface area contributed by atoms with Gasteiger partial charge in [0, 0.05) is 0 Å². The molecule has 5 nitrogen and oxygen atoms in total. The summed E-state index contributed by atoms with van der Waals surface area (Å²) in [5.41, 5.74) is -0.128. The normalized spacial score (nSPS) is 15.0. The highest BCUT2D eigenvalue weighted by Crippen LogP contribution is 2.32. The Hall–Kier alpha value is -4.07. The number of benzene rings is 3. The highest BCUT2D eigenvalue weighted by atomic mass is 19.4. The van der Waals surface area contributed by atoms with E-state index in [4.69, 9.17) is 9.47 Å². The molecule has 0 unspecified atom stereocenters. The van der Waals surface area contributed by atoms with Gasteiger partial charge >= 0.3 is 6.18 Å². The first-order chi connectivity index (χ1) is 15.8. The molecule has 1 aliphatic heterocycles.